The minimum absolute atomic E-state index is 0.0618. The van der Waals surface area contributed by atoms with Gasteiger partial charge < -0.3 is 14.5 Å². The zero-order valence-corrected chi connectivity index (χ0v) is 25.7. The highest BCUT2D eigenvalue weighted by Gasteiger charge is 2.35. The molecule has 3 aliphatic rings. The number of morpholine rings is 1. The smallest absolute Gasteiger partial charge is 0.350 e. The van der Waals surface area contributed by atoms with Gasteiger partial charge >= 0.3 is 5.69 Å². The number of aromatic nitrogens is 2. The SMILES string of the molecule is C=CC(=O)N1[C@H](C)CN(c2nc(=O)n3c4c(c(-c5ccc(F)c(Cl)c5)c(C)cc24)SC[C@@H](N2CCOCC2)C3)C[C@@H]1C. The highest BCUT2D eigenvalue weighted by molar-refractivity contribution is 7.99. The van der Waals surface area contributed by atoms with Gasteiger partial charge in [-0.15, -0.1) is 11.8 Å². The fourth-order valence-electron chi connectivity index (χ4n) is 6.73. The van der Waals surface area contributed by atoms with Gasteiger partial charge in [0.2, 0.25) is 5.91 Å². The van der Waals surface area contributed by atoms with Crippen LogP contribution in [0.1, 0.15) is 19.4 Å². The number of benzene rings is 2. The maximum absolute atomic E-state index is 14.2. The number of rotatable bonds is 4. The van der Waals surface area contributed by atoms with Gasteiger partial charge in [0.1, 0.15) is 11.6 Å². The summed E-state index contributed by atoms with van der Waals surface area (Å²) in [6.45, 7) is 14.3. The third-order valence-electron chi connectivity index (χ3n) is 8.63. The largest absolute Gasteiger partial charge is 0.379 e. The number of amides is 1. The van der Waals surface area contributed by atoms with Crippen LogP contribution in [-0.4, -0.2) is 88.5 Å². The summed E-state index contributed by atoms with van der Waals surface area (Å²) in [7, 11) is 0. The summed E-state index contributed by atoms with van der Waals surface area (Å²) in [6, 6.07) is 6.85. The van der Waals surface area contributed by atoms with Crippen molar-refractivity contribution >= 4 is 46.0 Å². The van der Waals surface area contributed by atoms with Gasteiger partial charge in [0, 0.05) is 72.4 Å². The Kier molecular flexibility index (Phi) is 8.08. The summed E-state index contributed by atoms with van der Waals surface area (Å²) in [5, 5.41) is 0.962. The molecule has 222 valence electrons. The molecule has 3 aliphatic heterocycles. The highest BCUT2D eigenvalue weighted by Crippen LogP contribution is 2.44. The Bertz CT molecular complexity index is 1610. The van der Waals surface area contributed by atoms with Crippen molar-refractivity contribution in [3.05, 3.63) is 63.8 Å². The first-order valence-electron chi connectivity index (χ1n) is 14.4. The average molecular weight is 612 g/mol. The number of aryl methyl sites for hydroxylation is 1. The molecule has 1 aromatic heterocycles. The molecule has 0 N–H and O–H groups in total. The van der Waals surface area contributed by atoms with E-state index in [9.17, 15) is 14.0 Å². The van der Waals surface area contributed by atoms with Crippen molar-refractivity contribution in [2.24, 2.45) is 0 Å². The number of hydrogen-bond donors (Lipinski definition) is 0. The summed E-state index contributed by atoms with van der Waals surface area (Å²) >= 11 is 7.98. The predicted octanol–water partition coefficient (Wildman–Crippen LogP) is 4.58. The topological polar surface area (TPSA) is 70.9 Å². The molecule has 0 spiro atoms. The van der Waals surface area contributed by atoms with Crippen LogP contribution in [0.2, 0.25) is 5.02 Å². The van der Waals surface area contributed by atoms with Gasteiger partial charge in [0.05, 0.1) is 23.8 Å². The Labute approximate surface area is 254 Å². The van der Waals surface area contributed by atoms with Gasteiger partial charge in [-0.25, -0.2) is 9.18 Å². The molecular weight excluding hydrogens is 577 g/mol. The number of piperazine rings is 1. The van der Waals surface area contributed by atoms with E-state index in [4.69, 9.17) is 21.3 Å². The first kappa shape index (κ1) is 29.2. The molecule has 6 rings (SSSR count). The molecule has 42 heavy (non-hydrogen) atoms. The Morgan fingerprint density at radius 1 is 1.17 bits per heavy atom. The van der Waals surface area contributed by atoms with Gasteiger partial charge in [-0.2, -0.15) is 4.98 Å². The van der Waals surface area contributed by atoms with E-state index >= 15 is 0 Å². The Hall–Kier alpha value is -2.92. The standard InChI is InChI=1S/C31H35ClFN5O3S/c1-5-26(39)38-19(3)14-36(15-20(38)4)30-23-12-18(2)27(21-6-7-25(33)24(32)13-21)29-28(23)37(31(40)34-30)16-22(17-42-29)35-8-10-41-11-9-35/h5-7,12-13,19-20,22H,1,8-11,14-17H2,2-4H3/t19-,20+,22-/m0/s1. The molecule has 3 aromatic rings. The molecule has 2 fully saturated rings. The van der Waals surface area contributed by atoms with Crippen molar-refractivity contribution in [3.63, 3.8) is 0 Å². The first-order chi connectivity index (χ1) is 20.2. The lowest BCUT2D eigenvalue weighted by atomic mass is 9.97. The number of halogens is 2. The lowest BCUT2D eigenvalue weighted by molar-refractivity contribution is -0.130. The van der Waals surface area contributed by atoms with E-state index in [-0.39, 0.29) is 34.7 Å². The summed E-state index contributed by atoms with van der Waals surface area (Å²) in [5.74, 6) is 0.854. The molecule has 3 atom stereocenters. The molecule has 0 bridgehead atoms. The third-order valence-corrected chi connectivity index (χ3v) is 10.2. The number of ether oxygens (including phenoxy) is 1. The van der Waals surface area contributed by atoms with Crippen molar-refractivity contribution in [1.82, 2.24) is 19.4 Å². The second-order valence-corrected chi connectivity index (χ2v) is 12.9. The van der Waals surface area contributed by atoms with Gasteiger partial charge in [-0.3, -0.25) is 14.3 Å². The van der Waals surface area contributed by atoms with E-state index in [1.165, 1.54) is 12.1 Å². The minimum Gasteiger partial charge on any atom is -0.379 e. The molecule has 2 saturated heterocycles. The van der Waals surface area contributed by atoms with Crippen LogP contribution in [0.25, 0.3) is 22.0 Å². The molecule has 0 saturated carbocycles. The highest BCUT2D eigenvalue weighted by atomic mass is 35.5. The van der Waals surface area contributed by atoms with E-state index < -0.39 is 5.82 Å². The molecule has 4 heterocycles. The summed E-state index contributed by atoms with van der Waals surface area (Å²) in [5.41, 5.74) is 3.30. The zero-order chi connectivity index (χ0) is 29.7. The third kappa shape index (κ3) is 5.12. The number of hydrogen-bond acceptors (Lipinski definition) is 7. The van der Waals surface area contributed by atoms with Crippen LogP contribution in [0, 0.1) is 12.7 Å². The molecule has 1 amide bonds. The molecule has 8 nitrogen and oxygen atoms in total. The molecule has 0 aliphatic carbocycles. The monoisotopic (exact) mass is 611 g/mol. The average Bonchev–Trinajstić information content (AvgIpc) is 3.17. The molecule has 11 heteroatoms. The van der Waals surface area contributed by atoms with Gasteiger partial charge in [0.15, 0.2) is 0 Å². The second-order valence-electron chi connectivity index (χ2n) is 11.4. The van der Waals surface area contributed by atoms with E-state index in [0.29, 0.717) is 38.7 Å². The number of thioether (sulfide) groups is 1. The van der Waals surface area contributed by atoms with Crippen LogP contribution >= 0.6 is 23.4 Å². The van der Waals surface area contributed by atoms with E-state index in [2.05, 4.69) is 22.4 Å². The van der Waals surface area contributed by atoms with Crippen molar-refractivity contribution < 1.29 is 13.9 Å². The minimum atomic E-state index is -0.467. The van der Waals surface area contributed by atoms with Crippen LogP contribution in [0.4, 0.5) is 10.2 Å². The number of carbonyl (C=O) groups is 1. The summed E-state index contributed by atoms with van der Waals surface area (Å²) in [6.07, 6.45) is 1.36. The summed E-state index contributed by atoms with van der Waals surface area (Å²) in [4.78, 5) is 38.6. The molecule has 0 unspecified atom stereocenters. The van der Waals surface area contributed by atoms with Crippen LogP contribution in [0.3, 0.4) is 0 Å². The van der Waals surface area contributed by atoms with Crippen LogP contribution in [-0.2, 0) is 16.1 Å². The fraction of sp³-hybridized carbons (Fsp3) is 0.452. The zero-order valence-electron chi connectivity index (χ0n) is 24.1. The van der Waals surface area contributed by atoms with Crippen LogP contribution in [0.15, 0.2) is 46.6 Å². The lowest BCUT2D eigenvalue weighted by Gasteiger charge is -2.44. The van der Waals surface area contributed by atoms with E-state index in [0.717, 1.165) is 51.3 Å². The van der Waals surface area contributed by atoms with E-state index in [1.54, 1.807) is 23.9 Å². The Morgan fingerprint density at radius 3 is 2.55 bits per heavy atom. The van der Waals surface area contributed by atoms with Gasteiger partial charge in [0.25, 0.3) is 0 Å². The first-order valence-corrected chi connectivity index (χ1v) is 15.7. The molecule has 2 aromatic carbocycles. The molecular formula is C31H35ClFN5O3S. The van der Waals surface area contributed by atoms with E-state index in [1.807, 2.05) is 30.2 Å². The normalized spacial score (nSPS) is 23.2. The maximum Gasteiger partial charge on any atom is 0.350 e. The Morgan fingerprint density at radius 2 is 1.88 bits per heavy atom. The lowest BCUT2D eigenvalue weighted by Crippen LogP contribution is -2.58. The van der Waals surface area contributed by atoms with Crippen molar-refractivity contribution in [2.75, 3.05) is 50.0 Å². The fourth-order valence-corrected chi connectivity index (χ4v) is 8.36. The van der Waals surface area contributed by atoms with Crippen LogP contribution < -0.4 is 10.6 Å². The second kappa shape index (κ2) is 11.6. The quantitative estimate of drug-likeness (QED) is 0.400. The number of anilines is 1. The van der Waals surface area contributed by atoms with Gasteiger partial charge in [-0.1, -0.05) is 24.2 Å². The molecule has 0 radical (unpaired) electrons. The van der Waals surface area contributed by atoms with Crippen molar-refractivity contribution in [3.8, 4) is 11.1 Å². The predicted molar refractivity (Wildman–Crippen MR) is 166 cm³/mol. The number of nitrogens with zero attached hydrogens (tertiary/aromatic N) is 5. The Balaban J connectivity index is 1.53. The summed E-state index contributed by atoms with van der Waals surface area (Å²) < 4.78 is 21.6. The van der Waals surface area contributed by atoms with Crippen LogP contribution in [0.5, 0.6) is 0 Å². The maximum atomic E-state index is 14.2. The van der Waals surface area contributed by atoms with Crippen molar-refractivity contribution in [1.29, 1.82) is 0 Å². The van der Waals surface area contributed by atoms with Gasteiger partial charge in [-0.05, 0) is 56.2 Å². The van der Waals surface area contributed by atoms with Crippen molar-refractivity contribution in [2.45, 2.75) is 50.3 Å². The number of carbonyl (C=O) groups excluding carboxylic acids is 1.